The number of aliphatic hydroxyl groups excluding tert-OH is 1. The zero-order valence-electron chi connectivity index (χ0n) is 5.61. The minimum Gasteiger partial charge on any atom is -0.465 e. The summed E-state index contributed by atoms with van der Waals surface area (Å²) >= 11 is 0. The maximum Gasteiger partial charge on any atom is 0.407 e. The Balaban J connectivity index is 3.70. The molecule has 0 rings (SSSR count). The molecular weight excluding hydrogens is 134 g/mol. The van der Waals surface area contributed by atoms with Gasteiger partial charge in [0.05, 0.1) is 6.54 Å². The van der Waals surface area contributed by atoms with Crippen molar-refractivity contribution < 1.29 is 15.0 Å². The Morgan fingerprint density at radius 1 is 1.90 bits per heavy atom. The molecule has 1 amide bonds. The number of aliphatic hydroxyl groups is 1. The second-order valence-electron chi connectivity index (χ2n) is 1.85. The van der Waals surface area contributed by atoms with Crippen LogP contribution in [0.5, 0.6) is 0 Å². The van der Waals surface area contributed by atoms with Crippen molar-refractivity contribution in [2.24, 2.45) is 0 Å². The van der Waals surface area contributed by atoms with Gasteiger partial charge in [0.15, 0.2) is 0 Å². The van der Waals surface area contributed by atoms with Crippen LogP contribution >= 0.6 is 0 Å². The fraction of sp³-hybridized carbons (Fsp3) is 0.500. The van der Waals surface area contributed by atoms with Crippen molar-refractivity contribution in [1.82, 2.24) is 4.90 Å². The van der Waals surface area contributed by atoms with Crippen molar-refractivity contribution in [2.45, 2.75) is 6.10 Å². The standard InChI is InChI=1S/C6H9NO3/c1-3-5(8)4-7(2)6(9)10/h1,5,8H,4H2,2H3,(H,9,10). The molecule has 0 aromatic heterocycles. The fourth-order valence-corrected chi connectivity index (χ4v) is 0.390. The molecule has 10 heavy (non-hydrogen) atoms. The highest BCUT2D eigenvalue weighted by Crippen LogP contribution is 1.87. The summed E-state index contributed by atoms with van der Waals surface area (Å²) in [4.78, 5) is 11.0. The van der Waals surface area contributed by atoms with Crippen molar-refractivity contribution in [3.05, 3.63) is 0 Å². The van der Waals surface area contributed by atoms with E-state index in [1.165, 1.54) is 7.05 Å². The number of rotatable bonds is 2. The first kappa shape index (κ1) is 8.79. The molecule has 1 unspecified atom stereocenters. The summed E-state index contributed by atoms with van der Waals surface area (Å²) in [5.74, 6) is 2.00. The Morgan fingerprint density at radius 3 is 2.70 bits per heavy atom. The van der Waals surface area contributed by atoms with Crippen LogP contribution in [-0.4, -0.2) is 40.9 Å². The lowest BCUT2D eigenvalue weighted by Crippen LogP contribution is -2.32. The normalized spacial score (nSPS) is 11.7. The lowest BCUT2D eigenvalue weighted by atomic mass is 10.3. The van der Waals surface area contributed by atoms with E-state index in [4.69, 9.17) is 16.6 Å². The van der Waals surface area contributed by atoms with E-state index < -0.39 is 12.2 Å². The van der Waals surface area contributed by atoms with Gasteiger partial charge < -0.3 is 15.1 Å². The molecule has 4 heteroatoms. The van der Waals surface area contributed by atoms with Crippen molar-refractivity contribution in [3.8, 4) is 12.3 Å². The van der Waals surface area contributed by atoms with Gasteiger partial charge in [-0.3, -0.25) is 0 Å². The number of carboxylic acid groups (broad SMARTS) is 1. The van der Waals surface area contributed by atoms with Gasteiger partial charge in [0.2, 0.25) is 0 Å². The molecule has 56 valence electrons. The van der Waals surface area contributed by atoms with Crippen LogP contribution in [0.25, 0.3) is 0 Å². The zero-order chi connectivity index (χ0) is 8.15. The highest BCUT2D eigenvalue weighted by Gasteiger charge is 2.08. The van der Waals surface area contributed by atoms with Crippen LogP contribution in [0.15, 0.2) is 0 Å². The summed E-state index contributed by atoms with van der Waals surface area (Å²) in [5.41, 5.74) is 0. The molecule has 0 saturated carbocycles. The van der Waals surface area contributed by atoms with E-state index in [2.05, 4.69) is 0 Å². The third-order valence-electron chi connectivity index (χ3n) is 0.966. The highest BCUT2D eigenvalue weighted by atomic mass is 16.4. The van der Waals surface area contributed by atoms with Crippen LogP contribution in [0.4, 0.5) is 4.79 Å². The topological polar surface area (TPSA) is 60.8 Å². The Labute approximate surface area is 59.1 Å². The minimum atomic E-state index is -1.10. The number of amides is 1. The van der Waals surface area contributed by atoms with Crippen molar-refractivity contribution in [2.75, 3.05) is 13.6 Å². The van der Waals surface area contributed by atoms with Crippen molar-refractivity contribution >= 4 is 6.09 Å². The molecule has 0 spiro atoms. The van der Waals surface area contributed by atoms with E-state index >= 15 is 0 Å². The minimum absolute atomic E-state index is 0.0498. The maximum atomic E-state index is 10.1. The highest BCUT2D eigenvalue weighted by molar-refractivity contribution is 5.64. The van der Waals surface area contributed by atoms with Gasteiger partial charge in [0.1, 0.15) is 6.10 Å². The Morgan fingerprint density at radius 2 is 2.40 bits per heavy atom. The smallest absolute Gasteiger partial charge is 0.407 e. The van der Waals surface area contributed by atoms with Crippen molar-refractivity contribution in [3.63, 3.8) is 0 Å². The van der Waals surface area contributed by atoms with Crippen LogP contribution in [0.3, 0.4) is 0 Å². The number of hydrogen-bond acceptors (Lipinski definition) is 2. The van der Waals surface area contributed by atoms with Gasteiger partial charge in [-0.1, -0.05) is 5.92 Å². The van der Waals surface area contributed by atoms with Gasteiger partial charge in [-0.2, -0.15) is 0 Å². The molecule has 0 aromatic rings. The lowest BCUT2D eigenvalue weighted by molar-refractivity contribution is 0.130. The van der Waals surface area contributed by atoms with Crippen LogP contribution in [0, 0.1) is 12.3 Å². The average Bonchev–Trinajstić information content (AvgIpc) is 1.87. The zero-order valence-corrected chi connectivity index (χ0v) is 5.61. The predicted octanol–water partition coefficient (Wildman–Crippen LogP) is -0.410. The van der Waals surface area contributed by atoms with Gasteiger partial charge in [-0.25, -0.2) is 4.79 Å². The second kappa shape index (κ2) is 3.75. The first-order valence-corrected chi connectivity index (χ1v) is 2.66. The summed E-state index contributed by atoms with van der Waals surface area (Å²) in [7, 11) is 1.34. The monoisotopic (exact) mass is 143 g/mol. The quantitative estimate of drug-likeness (QED) is 0.516. The van der Waals surface area contributed by atoms with E-state index in [0.29, 0.717) is 0 Å². The van der Waals surface area contributed by atoms with Gasteiger partial charge in [0.25, 0.3) is 0 Å². The first-order valence-electron chi connectivity index (χ1n) is 2.66. The molecule has 0 fully saturated rings. The molecule has 0 saturated heterocycles. The third-order valence-corrected chi connectivity index (χ3v) is 0.966. The van der Waals surface area contributed by atoms with Gasteiger partial charge in [-0.15, -0.1) is 6.42 Å². The van der Waals surface area contributed by atoms with Crippen molar-refractivity contribution in [1.29, 1.82) is 0 Å². The summed E-state index contributed by atoms with van der Waals surface area (Å²) in [6, 6.07) is 0. The Bertz CT molecular complexity index is 161. The second-order valence-corrected chi connectivity index (χ2v) is 1.85. The Hall–Kier alpha value is -1.21. The number of terminal acetylenes is 1. The molecule has 0 heterocycles. The van der Waals surface area contributed by atoms with E-state index in [1.54, 1.807) is 0 Å². The Kier molecular flexibility index (Phi) is 3.29. The van der Waals surface area contributed by atoms with E-state index in [0.717, 1.165) is 4.90 Å². The average molecular weight is 143 g/mol. The van der Waals surface area contributed by atoms with Crippen LogP contribution in [-0.2, 0) is 0 Å². The SMILES string of the molecule is C#CC(O)CN(C)C(=O)O. The molecule has 2 N–H and O–H groups in total. The van der Waals surface area contributed by atoms with Crippen LogP contribution in [0.2, 0.25) is 0 Å². The first-order chi connectivity index (χ1) is 4.57. The van der Waals surface area contributed by atoms with E-state index in [1.807, 2.05) is 5.92 Å². The molecule has 0 aliphatic rings. The largest absolute Gasteiger partial charge is 0.465 e. The lowest BCUT2D eigenvalue weighted by Gasteiger charge is -2.13. The maximum absolute atomic E-state index is 10.1. The molecule has 0 aliphatic heterocycles. The summed E-state index contributed by atoms with van der Waals surface area (Å²) in [5, 5.41) is 17.0. The molecule has 4 nitrogen and oxygen atoms in total. The van der Waals surface area contributed by atoms with E-state index in [-0.39, 0.29) is 6.54 Å². The molecule has 0 bridgehead atoms. The number of likely N-dealkylation sites (N-methyl/N-ethyl adjacent to an activating group) is 1. The summed E-state index contributed by atoms with van der Waals surface area (Å²) in [6.45, 7) is -0.0498. The van der Waals surface area contributed by atoms with Crippen LogP contribution in [0.1, 0.15) is 0 Å². The van der Waals surface area contributed by atoms with Gasteiger partial charge in [-0.05, 0) is 0 Å². The molecule has 0 aromatic carbocycles. The van der Waals surface area contributed by atoms with Crippen LogP contribution < -0.4 is 0 Å². The number of hydrogen-bond donors (Lipinski definition) is 2. The fourth-order valence-electron chi connectivity index (χ4n) is 0.390. The summed E-state index contributed by atoms with van der Waals surface area (Å²) < 4.78 is 0. The summed E-state index contributed by atoms with van der Waals surface area (Å²) in [6.07, 6.45) is 2.69. The van der Waals surface area contributed by atoms with Gasteiger partial charge >= 0.3 is 6.09 Å². The van der Waals surface area contributed by atoms with Gasteiger partial charge in [0, 0.05) is 7.05 Å². The molecule has 1 atom stereocenters. The third kappa shape index (κ3) is 2.95. The number of nitrogens with zero attached hydrogens (tertiary/aromatic N) is 1. The molecule has 0 aliphatic carbocycles. The molecular formula is C6H9NO3. The number of carbonyl (C=O) groups is 1. The molecule has 0 radical (unpaired) electrons. The predicted molar refractivity (Wildman–Crippen MR) is 35.5 cm³/mol. The van der Waals surface area contributed by atoms with E-state index in [9.17, 15) is 4.79 Å².